The van der Waals surface area contributed by atoms with Crippen LogP contribution in [0.15, 0.2) is 12.7 Å². The van der Waals surface area contributed by atoms with Crippen molar-refractivity contribution in [3.05, 3.63) is 12.7 Å². The molecule has 0 spiro atoms. The molecule has 1 N–H and O–H groups in total. The molecular weight excluding hydrogens is 292 g/mol. The highest BCUT2D eigenvalue weighted by Gasteiger charge is 2.57. The number of fused-ring (bicyclic) bond motifs is 1. The number of nitrogens with zero attached hydrogens (tertiary/aromatic N) is 2. The molecular formula is C15H25F2N3O2. The van der Waals surface area contributed by atoms with Crippen molar-refractivity contribution < 1.29 is 18.3 Å². The summed E-state index contributed by atoms with van der Waals surface area (Å²) in [6.45, 7) is 7.89. The summed E-state index contributed by atoms with van der Waals surface area (Å²) in [6.07, 6.45) is 1.96. The molecule has 0 aromatic rings. The second-order valence-corrected chi connectivity index (χ2v) is 6.72. The minimum atomic E-state index is -2.75. The molecule has 0 bridgehead atoms. The van der Waals surface area contributed by atoms with Crippen LogP contribution in [0, 0.1) is 5.41 Å². The van der Waals surface area contributed by atoms with Gasteiger partial charge in [-0.2, -0.15) is 0 Å². The fourth-order valence-corrected chi connectivity index (χ4v) is 3.11. The number of esters is 1. The molecule has 0 aromatic carbocycles. The van der Waals surface area contributed by atoms with Crippen LogP contribution in [0.4, 0.5) is 8.78 Å². The fraction of sp³-hybridized carbons (Fsp3) is 0.800. The predicted molar refractivity (Wildman–Crippen MR) is 79.4 cm³/mol. The highest BCUT2D eigenvalue weighted by Crippen LogP contribution is 2.36. The molecule has 0 saturated carbocycles. The summed E-state index contributed by atoms with van der Waals surface area (Å²) in [6, 6.07) is -1.06. The number of nitrogens with one attached hydrogen (secondary N) is 1. The minimum absolute atomic E-state index is 0.165. The lowest BCUT2D eigenvalue weighted by molar-refractivity contribution is -0.154. The molecule has 0 amide bonds. The maximum Gasteiger partial charge on any atom is 0.311 e. The van der Waals surface area contributed by atoms with Gasteiger partial charge >= 0.3 is 5.97 Å². The number of carbonyl (C=O) groups is 1. The topological polar surface area (TPSA) is 44.8 Å². The van der Waals surface area contributed by atoms with Crippen molar-refractivity contribution in [2.24, 2.45) is 5.41 Å². The van der Waals surface area contributed by atoms with Crippen LogP contribution in [0.2, 0.25) is 0 Å². The molecule has 2 heterocycles. The standard InChI is InChI=1S/C15H25F2N3O2/c1-5-8-22-13(21)14(2,3)6-7-20-12-11(9-19(20)4)18-10-15(12,16)17/h5,11-12,18H,1,6-10H2,2-4H3. The number of halogens is 2. The highest BCUT2D eigenvalue weighted by atomic mass is 19.3. The van der Waals surface area contributed by atoms with Crippen LogP contribution in [0.5, 0.6) is 0 Å². The van der Waals surface area contributed by atoms with E-state index in [9.17, 15) is 13.6 Å². The molecule has 7 heteroatoms. The SMILES string of the molecule is C=CCOC(=O)C(C)(C)CCN1C2C(CN1C)NCC2(F)F. The van der Waals surface area contributed by atoms with Gasteiger partial charge in [0.25, 0.3) is 5.92 Å². The van der Waals surface area contributed by atoms with E-state index >= 15 is 0 Å². The van der Waals surface area contributed by atoms with E-state index in [4.69, 9.17) is 4.74 Å². The third-order valence-corrected chi connectivity index (χ3v) is 4.49. The van der Waals surface area contributed by atoms with E-state index < -0.39 is 17.4 Å². The Balaban J connectivity index is 1.97. The van der Waals surface area contributed by atoms with Crippen molar-refractivity contribution in [3.63, 3.8) is 0 Å². The van der Waals surface area contributed by atoms with Crippen molar-refractivity contribution in [2.45, 2.75) is 38.3 Å². The zero-order valence-electron chi connectivity index (χ0n) is 13.4. The number of hydrogen-bond acceptors (Lipinski definition) is 5. The summed E-state index contributed by atoms with van der Waals surface area (Å²) in [5.41, 5.74) is -0.719. The smallest absolute Gasteiger partial charge is 0.311 e. The third kappa shape index (κ3) is 3.31. The Labute approximate surface area is 130 Å². The Bertz CT molecular complexity index is 443. The van der Waals surface area contributed by atoms with Crippen molar-refractivity contribution in [2.75, 3.05) is 33.3 Å². The Hall–Kier alpha value is -1.05. The zero-order chi connectivity index (χ0) is 16.5. The first-order valence-electron chi connectivity index (χ1n) is 7.56. The summed E-state index contributed by atoms with van der Waals surface area (Å²) in [5, 5.41) is 6.39. The third-order valence-electron chi connectivity index (χ3n) is 4.49. The Morgan fingerprint density at radius 1 is 1.55 bits per heavy atom. The van der Waals surface area contributed by atoms with Crippen molar-refractivity contribution >= 4 is 5.97 Å². The molecule has 0 aromatic heterocycles. The van der Waals surface area contributed by atoms with Gasteiger partial charge in [0.05, 0.1) is 12.0 Å². The quantitative estimate of drug-likeness (QED) is 0.590. The highest BCUT2D eigenvalue weighted by molar-refractivity contribution is 5.75. The van der Waals surface area contributed by atoms with Gasteiger partial charge < -0.3 is 10.1 Å². The van der Waals surface area contributed by atoms with E-state index in [0.29, 0.717) is 19.5 Å². The number of hydrazine groups is 1. The van der Waals surface area contributed by atoms with E-state index in [1.54, 1.807) is 25.9 Å². The number of rotatable bonds is 6. The Kier molecular flexibility index (Phi) is 4.89. The van der Waals surface area contributed by atoms with Crippen LogP contribution in [-0.2, 0) is 9.53 Å². The zero-order valence-corrected chi connectivity index (χ0v) is 13.4. The van der Waals surface area contributed by atoms with E-state index in [2.05, 4.69) is 11.9 Å². The normalized spacial score (nSPS) is 28.6. The number of alkyl halides is 2. The van der Waals surface area contributed by atoms with Crippen molar-refractivity contribution in [3.8, 4) is 0 Å². The maximum atomic E-state index is 14.0. The van der Waals surface area contributed by atoms with Gasteiger partial charge in [0.2, 0.25) is 0 Å². The summed E-state index contributed by atoms with van der Waals surface area (Å²) in [4.78, 5) is 12.0. The summed E-state index contributed by atoms with van der Waals surface area (Å²) in [5.74, 6) is -3.08. The molecule has 2 unspecified atom stereocenters. The van der Waals surface area contributed by atoms with Crippen LogP contribution in [0.1, 0.15) is 20.3 Å². The van der Waals surface area contributed by atoms with Crippen LogP contribution in [-0.4, -0.2) is 67.3 Å². The van der Waals surface area contributed by atoms with Gasteiger partial charge in [-0.3, -0.25) is 4.79 Å². The van der Waals surface area contributed by atoms with Gasteiger partial charge in [-0.1, -0.05) is 12.7 Å². The number of ether oxygens (including phenoxy) is 1. The first kappa shape index (κ1) is 17.3. The average Bonchev–Trinajstić information content (AvgIpc) is 2.91. The van der Waals surface area contributed by atoms with Gasteiger partial charge in [0, 0.05) is 26.2 Å². The molecule has 2 saturated heterocycles. The van der Waals surface area contributed by atoms with Crippen molar-refractivity contribution in [1.29, 1.82) is 0 Å². The molecule has 2 aliphatic rings. The van der Waals surface area contributed by atoms with Crippen LogP contribution < -0.4 is 5.32 Å². The number of likely N-dealkylation sites (N-methyl/N-ethyl adjacent to an activating group) is 1. The maximum absolute atomic E-state index is 14.0. The second kappa shape index (κ2) is 6.22. The monoisotopic (exact) mass is 317 g/mol. The van der Waals surface area contributed by atoms with Gasteiger partial charge in [-0.25, -0.2) is 18.8 Å². The van der Waals surface area contributed by atoms with Crippen LogP contribution in [0.25, 0.3) is 0 Å². The molecule has 2 atom stereocenters. The first-order chi connectivity index (χ1) is 10.2. The first-order valence-corrected chi connectivity index (χ1v) is 7.56. The summed E-state index contributed by atoms with van der Waals surface area (Å²) in [7, 11) is 1.80. The minimum Gasteiger partial charge on any atom is -0.461 e. The lowest BCUT2D eigenvalue weighted by atomic mass is 9.89. The van der Waals surface area contributed by atoms with Gasteiger partial charge in [-0.05, 0) is 20.3 Å². The lowest BCUT2D eigenvalue weighted by Gasteiger charge is -2.34. The summed E-state index contributed by atoms with van der Waals surface area (Å²) >= 11 is 0. The van der Waals surface area contributed by atoms with Gasteiger partial charge in [0.1, 0.15) is 12.6 Å². The van der Waals surface area contributed by atoms with E-state index in [0.717, 1.165) is 0 Å². The van der Waals surface area contributed by atoms with E-state index in [1.807, 2.05) is 5.01 Å². The fourth-order valence-electron chi connectivity index (χ4n) is 3.11. The molecule has 126 valence electrons. The van der Waals surface area contributed by atoms with Crippen molar-refractivity contribution in [1.82, 2.24) is 15.3 Å². The molecule has 2 aliphatic heterocycles. The molecule has 5 nitrogen and oxygen atoms in total. The second-order valence-electron chi connectivity index (χ2n) is 6.72. The molecule has 0 radical (unpaired) electrons. The van der Waals surface area contributed by atoms with Gasteiger partial charge in [0.15, 0.2) is 0 Å². The van der Waals surface area contributed by atoms with Crippen LogP contribution >= 0.6 is 0 Å². The number of carbonyl (C=O) groups excluding carboxylic acids is 1. The number of hydrogen-bond donors (Lipinski definition) is 1. The molecule has 2 fully saturated rings. The molecule has 2 rings (SSSR count). The largest absolute Gasteiger partial charge is 0.461 e. The van der Waals surface area contributed by atoms with Crippen LogP contribution in [0.3, 0.4) is 0 Å². The van der Waals surface area contributed by atoms with E-state index in [-0.39, 0.29) is 25.2 Å². The average molecular weight is 317 g/mol. The summed E-state index contributed by atoms with van der Waals surface area (Å²) < 4.78 is 33.1. The Morgan fingerprint density at radius 3 is 2.86 bits per heavy atom. The Morgan fingerprint density at radius 2 is 2.23 bits per heavy atom. The lowest BCUT2D eigenvalue weighted by Crippen LogP contribution is -2.50. The van der Waals surface area contributed by atoms with Gasteiger partial charge in [-0.15, -0.1) is 0 Å². The van der Waals surface area contributed by atoms with E-state index in [1.165, 1.54) is 6.08 Å². The molecule has 22 heavy (non-hydrogen) atoms. The molecule has 0 aliphatic carbocycles. The predicted octanol–water partition coefficient (Wildman–Crippen LogP) is 1.27.